The average molecular weight is 394 g/mol. The van der Waals surface area contributed by atoms with Gasteiger partial charge in [-0.3, -0.25) is 4.79 Å². The third-order valence-corrected chi connectivity index (χ3v) is 4.18. The number of hydrogen-bond donors (Lipinski definition) is 3. The molecule has 0 aromatic heterocycles. The smallest absolute Gasteiger partial charge is 0.405 e. The maximum absolute atomic E-state index is 13.6. The molecule has 0 saturated carbocycles. The second-order valence-electron chi connectivity index (χ2n) is 6.98. The molecule has 0 saturated heterocycles. The first-order valence-electron chi connectivity index (χ1n) is 8.57. The van der Waals surface area contributed by atoms with Crippen LogP contribution in [0, 0.1) is 17.5 Å². The van der Waals surface area contributed by atoms with E-state index in [1.807, 2.05) is 0 Å². The summed E-state index contributed by atoms with van der Waals surface area (Å²) in [4.78, 5) is 23.2. The van der Waals surface area contributed by atoms with E-state index >= 15 is 0 Å². The first kappa shape index (κ1) is 21.3. The van der Waals surface area contributed by atoms with Crippen molar-refractivity contribution in [3.8, 4) is 0 Å². The van der Waals surface area contributed by atoms with E-state index in [-0.39, 0.29) is 12.8 Å². The van der Waals surface area contributed by atoms with Gasteiger partial charge in [0.1, 0.15) is 23.5 Å². The lowest BCUT2D eigenvalue weighted by molar-refractivity contribution is -0.124. The van der Waals surface area contributed by atoms with E-state index < -0.39 is 41.0 Å². The molecule has 0 aliphatic heterocycles. The van der Waals surface area contributed by atoms with Crippen LogP contribution in [0.2, 0.25) is 0 Å². The zero-order chi connectivity index (χ0) is 20.9. The van der Waals surface area contributed by atoms with Crippen LogP contribution >= 0.6 is 0 Å². The number of benzene rings is 2. The summed E-state index contributed by atoms with van der Waals surface area (Å²) in [6.07, 6.45) is -1.04. The third-order valence-electron chi connectivity index (χ3n) is 4.18. The van der Waals surface area contributed by atoms with E-state index in [1.165, 1.54) is 19.1 Å². The van der Waals surface area contributed by atoms with Gasteiger partial charge >= 0.3 is 6.09 Å². The van der Waals surface area contributed by atoms with E-state index in [1.54, 1.807) is 19.1 Å². The molecule has 8 heteroatoms. The number of carbonyl (C=O) groups is 2. The Morgan fingerprint density at radius 2 is 1.50 bits per heavy atom. The van der Waals surface area contributed by atoms with E-state index in [4.69, 9.17) is 5.11 Å². The number of hydrogen-bond acceptors (Lipinski definition) is 2. The van der Waals surface area contributed by atoms with Gasteiger partial charge in [-0.05, 0) is 62.1 Å². The molecule has 0 fully saturated rings. The SMILES string of the molecule is CC(NC(=O)O)C(=O)NC(C)(Cc1ccc(F)cc1)Cc1cc(F)cc(F)c1. The monoisotopic (exact) mass is 394 g/mol. The minimum Gasteiger partial charge on any atom is -0.465 e. The van der Waals surface area contributed by atoms with Gasteiger partial charge in [0.05, 0.1) is 0 Å². The molecule has 150 valence electrons. The molecule has 0 heterocycles. The fourth-order valence-electron chi connectivity index (χ4n) is 3.02. The molecule has 0 spiro atoms. The Kier molecular flexibility index (Phi) is 6.66. The molecule has 3 N–H and O–H groups in total. The Labute approximate surface area is 160 Å². The highest BCUT2D eigenvalue weighted by molar-refractivity contribution is 5.85. The van der Waals surface area contributed by atoms with Crippen LogP contribution in [-0.4, -0.2) is 28.7 Å². The lowest BCUT2D eigenvalue weighted by Gasteiger charge is -2.32. The summed E-state index contributed by atoms with van der Waals surface area (Å²) < 4.78 is 40.3. The zero-order valence-corrected chi connectivity index (χ0v) is 15.4. The second-order valence-corrected chi connectivity index (χ2v) is 6.98. The fraction of sp³-hybridized carbons (Fsp3) is 0.300. The summed E-state index contributed by atoms with van der Waals surface area (Å²) in [7, 11) is 0. The summed E-state index contributed by atoms with van der Waals surface area (Å²) >= 11 is 0. The van der Waals surface area contributed by atoms with Crippen molar-refractivity contribution in [3.05, 3.63) is 71.0 Å². The van der Waals surface area contributed by atoms with Crippen LogP contribution in [0.4, 0.5) is 18.0 Å². The van der Waals surface area contributed by atoms with Crippen LogP contribution in [0.1, 0.15) is 25.0 Å². The van der Waals surface area contributed by atoms with Crippen molar-refractivity contribution in [3.63, 3.8) is 0 Å². The molecule has 0 radical (unpaired) electrons. The third kappa shape index (κ3) is 6.29. The minimum absolute atomic E-state index is 0.0740. The van der Waals surface area contributed by atoms with Crippen molar-refractivity contribution in [1.29, 1.82) is 0 Å². The van der Waals surface area contributed by atoms with Crippen molar-refractivity contribution in [1.82, 2.24) is 10.6 Å². The number of nitrogens with one attached hydrogen (secondary N) is 2. The summed E-state index contributed by atoms with van der Waals surface area (Å²) in [5.41, 5.74) is 0.00465. The van der Waals surface area contributed by atoms with E-state index in [2.05, 4.69) is 10.6 Å². The number of carboxylic acid groups (broad SMARTS) is 1. The van der Waals surface area contributed by atoms with Gasteiger partial charge in [-0.15, -0.1) is 0 Å². The molecule has 28 heavy (non-hydrogen) atoms. The molecule has 5 nitrogen and oxygen atoms in total. The van der Waals surface area contributed by atoms with Gasteiger partial charge in [0.25, 0.3) is 0 Å². The first-order valence-corrected chi connectivity index (χ1v) is 8.57. The summed E-state index contributed by atoms with van der Waals surface area (Å²) in [6, 6.07) is 7.68. The lowest BCUT2D eigenvalue weighted by Crippen LogP contribution is -2.55. The van der Waals surface area contributed by atoms with E-state index in [9.17, 15) is 22.8 Å². The van der Waals surface area contributed by atoms with Crippen LogP contribution in [-0.2, 0) is 17.6 Å². The number of rotatable bonds is 7. The Hall–Kier alpha value is -3.03. The maximum Gasteiger partial charge on any atom is 0.405 e. The molecule has 2 atom stereocenters. The predicted molar refractivity (Wildman–Crippen MR) is 97.3 cm³/mol. The zero-order valence-electron chi connectivity index (χ0n) is 15.4. The van der Waals surface area contributed by atoms with E-state index in [0.29, 0.717) is 11.1 Å². The predicted octanol–water partition coefficient (Wildman–Crippen LogP) is 3.42. The maximum atomic E-state index is 13.6. The average Bonchev–Trinajstić information content (AvgIpc) is 2.55. The molecule has 0 aliphatic rings. The van der Waals surface area contributed by atoms with Gasteiger partial charge in [-0.1, -0.05) is 12.1 Å². The topological polar surface area (TPSA) is 78.4 Å². The van der Waals surface area contributed by atoms with Gasteiger partial charge in [-0.2, -0.15) is 0 Å². The standard InChI is InChI=1S/C20H21F3N2O3/c1-12(24-19(27)28)18(26)25-20(2,10-13-3-5-15(21)6-4-13)11-14-7-16(22)9-17(23)8-14/h3-9,12,24H,10-11H2,1-2H3,(H,25,26)(H,27,28). The van der Waals surface area contributed by atoms with Crippen molar-refractivity contribution >= 4 is 12.0 Å². The van der Waals surface area contributed by atoms with Crippen LogP contribution in [0.5, 0.6) is 0 Å². The summed E-state index contributed by atoms with van der Waals surface area (Å²) in [5, 5.41) is 13.6. The van der Waals surface area contributed by atoms with Gasteiger partial charge in [0.2, 0.25) is 5.91 Å². The quantitative estimate of drug-likeness (QED) is 0.673. The largest absolute Gasteiger partial charge is 0.465 e. The molecular formula is C20H21F3N2O3. The highest BCUT2D eigenvalue weighted by Gasteiger charge is 2.30. The minimum atomic E-state index is -1.35. The molecular weight excluding hydrogens is 373 g/mol. The highest BCUT2D eigenvalue weighted by atomic mass is 19.1. The second kappa shape index (κ2) is 8.77. The van der Waals surface area contributed by atoms with Gasteiger partial charge in [-0.25, -0.2) is 18.0 Å². The molecule has 0 bridgehead atoms. The fourth-order valence-corrected chi connectivity index (χ4v) is 3.02. The first-order chi connectivity index (χ1) is 13.1. The Bertz CT molecular complexity index is 838. The molecule has 2 aromatic rings. The number of amides is 2. The van der Waals surface area contributed by atoms with Crippen LogP contribution < -0.4 is 10.6 Å². The normalized spacial score (nSPS) is 14.0. The highest BCUT2D eigenvalue weighted by Crippen LogP contribution is 2.21. The molecule has 2 amide bonds. The van der Waals surface area contributed by atoms with Crippen molar-refractivity contribution < 1.29 is 27.9 Å². The van der Waals surface area contributed by atoms with Crippen molar-refractivity contribution in [2.24, 2.45) is 0 Å². The van der Waals surface area contributed by atoms with Gasteiger partial charge in [0, 0.05) is 11.6 Å². The lowest BCUT2D eigenvalue weighted by atomic mass is 9.86. The summed E-state index contributed by atoms with van der Waals surface area (Å²) in [5.74, 6) is -2.50. The Morgan fingerprint density at radius 1 is 0.964 bits per heavy atom. The Balaban J connectivity index is 2.28. The van der Waals surface area contributed by atoms with Crippen LogP contribution in [0.25, 0.3) is 0 Å². The molecule has 0 aliphatic carbocycles. The van der Waals surface area contributed by atoms with Crippen LogP contribution in [0.3, 0.4) is 0 Å². The molecule has 2 unspecified atom stereocenters. The summed E-state index contributed by atoms with van der Waals surface area (Å²) in [6.45, 7) is 3.05. The van der Waals surface area contributed by atoms with E-state index in [0.717, 1.165) is 18.2 Å². The molecule has 2 aromatic carbocycles. The number of carbonyl (C=O) groups excluding carboxylic acids is 1. The van der Waals surface area contributed by atoms with Crippen LogP contribution in [0.15, 0.2) is 42.5 Å². The van der Waals surface area contributed by atoms with Crippen molar-refractivity contribution in [2.75, 3.05) is 0 Å². The molecule has 2 rings (SSSR count). The Morgan fingerprint density at radius 3 is 2.04 bits per heavy atom. The van der Waals surface area contributed by atoms with Gasteiger partial charge in [0.15, 0.2) is 0 Å². The number of halogens is 3. The van der Waals surface area contributed by atoms with Crippen molar-refractivity contribution in [2.45, 2.75) is 38.3 Å². The van der Waals surface area contributed by atoms with Gasteiger partial charge < -0.3 is 15.7 Å².